The van der Waals surface area contributed by atoms with Crippen LogP contribution < -0.4 is 10.5 Å². The third-order valence-corrected chi connectivity index (χ3v) is 5.17. The normalized spacial score (nSPS) is 12.3. The summed E-state index contributed by atoms with van der Waals surface area (Å²) in [7, 11) is -3.72. The molecule has 2 aromatic rings. The topological polar surface area (TPSA) is 152 Å². The number of carbonyl (C=O) groups excluding carboxylic acids is 2. The van der Waals surface area contributed by atoms with Gasteiger partial charge in [0.05, 0.1) is 17.7 Å². The van der Waals surface area contributed by atoms with Crippen molar-refractivity contribution in [3.63, 3.8) is 0 Å². The fourth-order valence-electron chi connectivity index (χ4n) is 2.21. The number of furan rings is 1. The molecule has 0 aliphatic heterocycles. The van der Waals surface area contributed by atoms with E-state index in [1.54, 1.807) is 18.2 Å². The molecule has 1 aromatic carbocycles. The number of rotatable bonds is 9. The van der Waals surface area contributed by atoms with E-state index in [2.05, 4.69) is 4.72 Å². The predicted molar refractivity (Wildman–Crippen MR) is 107 cm³/mol. The number of hydrogen-bond donors (Lipinski definition) is 2. The van der Waals surface area contributed by atoms with E-state index in [-0.39, 0.29) is 22.7 Å². The highest BCUT2D eigenvalue weighted by Crippen LogP contribution is 2.13. The van der Waals surface area contributed by atoms with Gasteiger partial charge in [0.1, 0.15) is 17.4 Å². The summed E-state index contributed by atoms with van der Waals surface area (Å²) in [4.78, 5) is 23.5. The quantitative estimate of drug-likeness (QED) is 0.347. The highest BCUT2D eigenvalue weighted by molar-refractivity contribution is 7.89. The van der Waals surface area contributed by atoms with Crippen LogP contribution in [-0.2, 0) is 30.9 Å². The van der Waals surface area contributed by atoms with E-state index in [1.165, 1.54) is 43.5 Å². The predicted octanol–water partition coefficient (Wildman–Crippen LogP) is 1.64. The van der Waals surface area contributed by atoms with E-state index in [4.69, 9.17) is 20.1 Å². The Morgan fingerprint density at radius 2 is 1.97 bits per heavy atom. The first kappa shape index (κ1) is 22.6. The smallest absolute Gasteiger partial charge is 0.331 e. The molecule has 0 amide bonds. The van der Waals surface area contributed by atoms with Crippen LogP contribution in [0.4, 0.5) is 0 Å². The van der Waals surface area contributed by atoms with Crippen molar-refractivity contribution in [3.8, 4) is 6.07 Å². The van der Waals surface area contributed by atoms with Gasteiger partial charge >= 0.3 is 5.97 Å². The molecule has 0 saturated heterocycles. The number of allylic oxidation sites excluding steroid dienone is 1. The van der Waals surface area contributed by atoms with Crippen LogP contribution in [0.2, 0.25) is 0 Å². The Kier molecular flexibility index (Phi) is 7.69. The van der Waals surface area contributed by atoms with Crippen molar-refractivity contribution in [2.24, 2.45) is 5.73 Å². The summed E-state index contributed by atoms with van der Waals surface area (Å²) in [6.45, 7) is 0.807. The summed E-state index contributed by atoms with van der Waals surface area (Å²) in [5.41, 5.74) is 5.73. The van der Waals surface area contributed by atoms with Gasteiger partial charge in [0.15, 0.2) is 6.61 Å². The van der Waals surface area contributed by atoms with E-state index < -0.39 is 28.4 Å². The monoisotopic (exact) mass is 429 g/mol. The maximum Gasteiger partial charge on any atom is 0.331 e. The van der Waals surface area contributed by atoms with E-state index >= 15 is 0 Å². The van der Waals surface area contributed by atoms with Crippen molar-refractivity contribution in [3.05, 3.63) is 71.3 Å². The first-order valence-electron chi connectivity index (χ1n) is 8.59. The van der Waals surface area contributed by atoms with Crippen LogP contribution in [0, 0.1) is 11.3 Å². The van der Waals surface area contributed by atoms with Crippen LogP contribution >= 0.6 is 0 Å². The van der Waals surface area contributed by atoms with Gasteiger partial charge < -0.3 is 14.9 Å². The SMILES string of the molecule is CC(N)=C(C#N)C(=O)COC(=O)C=Cc1ccc(S(=O)(=O)NCc2ccco2)cc1. The molecular formula is C20H19N3O6S. The van der Waals surface area contributed by atoms with E-state index in [0.717, 1.165) is 6.08 Å². The second-order valence-corrected chi connectivity index (χ2v) is 7.77. The van der Waals surface area contributed by atoms with Gasteiger partial charge in [-0.2, -0.15) is 5.26 Å². The Hall–Kier alpha value is -3.68. The molecule has 2 rings (SSSR count). The second kappa shape index (κ2) is 10.2. The number of sulfonamides is 1. The summed E-state index contributed by atoms with van der Waals surface area (Å²) in [5, 5.41) is 8.83. The number of carbonyl (C=O) groups is 2. The molecule has 1 heterocycles. The molecule has 0 aliphatic carbocycles. The van der Waals surface area contributed by atoms with Gasteiger partial charge in [-0.15, -0.1) is 0 Å². The lowest BCUT2D eigenvalue weighted by Crippen LogP contribution is -2.22. The number of esters is 1. The fraction of sp³-hybridized carbons (Fsp3) is 0.150. The van der Waals surface area contributed by atoms with Crippen molar-refractivity contribution in [2.45, 2.75) is 18.4 Å². The maximum atomic E-state index is 12.3. The zero-order valence-corrected chi connectivity index (χ0v) is 16.8. The molecule has 0 atom stereocenters. The molecule has 10 heteroatoms. The first-order valence-corrected chi connectivity index (χ1v) is 10.1. The average Bonchev–Trinajstić information content (AvgIpc) is 3.23. The molecule has 0 aliphatic rings. The number of nitrogens with zero attached hydrogens (tertiary/aromatic N) is 1. The van der Waals surface area contributed by atoms with Crippen LogP contribution in [0.3, 0.4) is 0 Å². The van der Waals surface area contributed by atoms with Gasteiger partial charge in [0.25, 0.3) is 0 Å². The van der Waals surface area contributed by atoms with Gasteiger partial charge in [-0.1, -0.05) is 12.1 Å². The molecule has 0 unspecified atom stereocenters. The lowest BCUT2D eigenvalue weighted by atomic mass is 10.1. The molecular weight excluding hydrogens is 410 g/mol. The van der Waals surface area contributed by atoms with E-state index in [1.807, 2.05) is 0 Å². The third-order valence-electron chi connectivity index (χ3n) is 3.75. The number of hydrogen-bond acceptors (Lipinski definition) is 8. The van der Waals surface area contributed by atoms with Crippen LogP contribution in [-0.4, -0.2) is 26.8 Å². The van der Waals surface area contributed by atoms with Crippen molar-refractivity contribution in [1.82, 2.24) is 4.72 Å². The number of Topliss-reactive ketones (excluding diaryl/α,β-unsaturated/α-hetero) is 1. The van der Waals surface area contributed by atoms with Crippen molar-refractivity contribution >= 4 is 27.9 Å². The second-order valence-electron chi connectivity index (χ2n) is 6.01. The van der Waals surface area contributed by atoms with Gasteiger partial charge in [-0.05, 0) is 42.8 Å². The maximum absolute atomic E-state index is 12.3. The minimum absolute atomic E-state index is 0.0218. The average molecular weight is 429 g/mol. The Morgan fingerprint density at radius 1 is 1.27 bits per heavy atom. The lowest BCUT2D eigenvalue weighted by molar-refractivity contribution is -0.141. The number of nitrogens with one attached hydrogen (secondary N) is 1. The molecule has 1 aromatic heterocycles. The first-order chi connectivity index (χ1) is 14.2. The van der Waals surface area contributed by atoms with Crippen LogP contribution in [0.5, 0.6) is 0 Å². The van der Waals surface area contributed by atoms with Gasteiger partial charge in [-0.25, -0.2) is 17.9 Å². The summed E-state index contributed by atoms with van der Waals surface area (Å²) in [6, 6.07) is 10.7. The fourth-order valence-corrected chi connectivity index (χ4v) is 3.21. The van der Waals surface area contributed by atoms with Gasteiger partial charge in [0.2, 0.25) is 15.8 Å². The molecule has 0 saturated carbocycles. The number of benzene rings is 1. The highest BCUT2D eigenvalue weighted by atomic mass is 32.2. The third kappa shape index (κ3) is 6.44. The standard InChI is InChI=1S/C20H19N3O6S/c1-14(22)18(11-21)19(24)13-29-20(25)9-6-15-4-7-17(8-5-15)30(26,27)23-12-16-3-2-10-28-16/h2-10,23H,12-13,22H2,1H3. The molecule has 0 spiro atoms. The molecule has 0 radical (unpaired) electrons. The zero-order valence-electron chi connectivity index (χ0n) is 16.0. The lowest BCUT2D eigenvalue weighted by Gasteiger charge is -2.05. The Bertz CT molecular complexity index is 1100. The van der Waals surface area contributed by atoms with Crippen molar-refractivity contribution < 1.29 is 27.2 Å². The minimum Gasteiger partial charge on any atom is -0.468 e. The molecule has 0 fully saturated rings. The Morgan fingerprint density at radius 3 is 2.53 bits per heavy atom. The van der Waals surface area contributed by atoms with Crippen LogP contribution in [0.1, 0.15) is 18.2 Å². The largest absolute Gasteiger partial charge is 0.468 e. The van der Waals surface area contributed by atoms with E-state index in [0.29, 0.717) is 11.3 Å². The molecule has 3 N–H and O–H groups in total. The van der Waals surface area contributed by atoms with Crippen molar-refractivity contribution in [1.29, 1.82) is 5.26 Å². The zero-order chi connectivity index (χ0) is 22.1. The molecule has 30 heavy (non-hydrogen) atoms. The molecule has 9 nitrogen and oxygen atoms in total. The molecule has 156 valence electrons. The van der Waals surface area contributed by atoms with Gasteiger partial charge in [-0.3, -0.25) is 4.79 Å². The number of ketones is 1. The van der Waals surface area contributed by atoms with Crippen LogP contribution in [0.15, 0.2) is 69.3 Å². The number of nitriles is 1. The van der Waals surface area contributed by atoms with E-state index in [9.17, 15) is 18.0 Å². The molecule has 0 bridgehead atoms. The highest BCUT2D eigenvalue weighted by Gasteiger charge is 2.15. The summed E-state index contributed by atoms with van der Waals surface area (Å²) in [5.74, 6) is -1.02. The van der Waals surface area contributed by atoms with Gasteiger partial charge in [0, 0.05) is 11.8 Å². The number of nitrogens with two attached hydrogens (primary N) is 1. The minimum atomic E-state index is -3.72. The summed E-state index contributed by atoms with van der Waals surface area (Å²) >= 11 is 0. The summed E-state index contributed by atoms with van der Waals surface area (Å²) in [6.07, 6.45) is 3.93. The Balaban J connectivity index is 1.92. The Labute approximate surface area is 173 Å². The van der Waals surface area contributed by atoms with Crippen LogP contribution in [0.25, 0.3) is 6.08 Å². The van der Waals surface area contributed by atoms with Crippen molar-refractivity contribution in [2.75, 3.05) is 6.61 Å². The number of ether oxygens (including phenoxy) is 1. The summed E-state index contributed by atoms with van der Waals surface area (Å²) < 4.78 is 36.8.